The lowest BCUT2D eigenvalue weighted by Gasteiger charge is -2.16. The molecule has 0 fully saturated rings. The molecule has 11 heteroatoms. The number of hydrogen-bond donors (Lipinski definition) is 3. The third-order valence-corrected chi connectivity index (χ3v) is 3.45. The highest BCUT2D eigenvalue weighted by Crippen LogP contribution is 2.36. The van der Waals surface area contributed by atoms with Gasteiger partial charge in [0, 0.05) is 13.2 Å². The number of aliphatic hydroxyl groups excluding tert-OH is 1. The molecule has 122 valence electrons. The Balaban J connectivity index is 1.89. The van der Waals surface area contributed by atoms with E-state index in [4.69, 9.17) is 25.0 Å². The zero-order valence-corrected chi connectivity index (χ0v) is 12.9. The molecule has 2 rings (SSSR count). The summed E-state index contributed by atoms with van der Waals surface area (Å²) < 4.78 is 22.9. The van der Waals surface area contributed by atoms with E-state index in [1.807, 2.05) is 0 Å². The van der Waals surface area contributed by atoms with Gasteiger partial charge in [0.15, 0.2) is 11.5 Å². The van der Waals surface area contributed by atoms with E-state index in [0.717, 1.165) is 6.66 Å². The van der Waals surface area contributed by atoms with E-state index in [1.165, 1.54) is 6.33 Å². The van der Waals surface area contributed by atoms with E-state index in [2.05, 4.69) is 15.0 Å². The highest BCUT2D eigenvalue weighted by atomic mass is 31.2. The average Bonchev–Trinajstić information content (AvgIpc) is 2.86. The molecule has 4 N–H and O–H groups in total. The molecule has 10 nitrogen and oxygen atoms in total. The number of anilines is 1. The molecule has 2 aromatic heterocycles. The fourth-order valence-electron chi connectivity index (χ4n) is 1.76. The third-order valence-electron chi connectivity index (χ3n) is 2.82. The van der Waals surface area contributed by atoms with Crippen LogP contribution in [-0.2, 0) is 20.4 Å². The maximum absolute atomic E-state index is 11.0. The van der Waals surface area contributed by atoms with Crippen LogP contribution in [0.25, 0.3) is 11.2 Å². The molecular formula is C11H18N5O5P. The van der Waals surface area contributed by atoms with E-state index in [0.29, 0.717) is 23.5 Å². The second-order valence-electron chi connectivity index (χ2n) is 4.64. The van der Waals surface area contributed by atoms with Crippen LogP contribution < -0.4 is 5.73 Å². The van der Waals surface area contributed by atoms with E-state index in [1.54, 1.807) is 10.9 Å². The zero-order valence-electron chi connectivity index (χ0n) is 12.0. The van der Waals surface area contributed by atoms with Crippen LogP contribution in [0.4, 0.5) is 5.82 Å². The summed E-state index contributed by atoms with van der Waals surface area (Å²) in [6, 6.07) is 0. The minimum Gasteiger partial charge on any atom is -0.394 e. The van der Waals surface area contributed by atoms with Crippen molar-refractivity contribution in [3.8, 4) is 0 Å². The number of nitrogens with zero attached hydrogens (tertiary/aromatic N) is 4. The van der Waals surface area contributed by atoms with Crippen molar-refractivity contribution in [1.29, 1.82) is 0 Å². The molecular weight excluding hydrogens is 313 g/mol. The van der Waals surface area contributed by atoms with Crippen molar-refractivity contribution in [3.63, 3.8) is 0 Å². The summed E-state index contributed by atoms with van der Waals surface area (Å²) in [6.45, 7) is 1.25. The first-order valence-electron chi connectivity index (χ1n) is 6.49. The summed E-state index contributed by atoms with van der Waals surface area (Å²) in [7, 11) is -3.59. The van der Waals surface area contributed by atoms with E-state index < -0.39 is 13.7 Å². The summed E-state index contributed by atoms with van der Waals surface area (Å²) >= 11 is 0. The van der Waals surface area contributed by atoms with Gasteiger partial charge >= 0.3 is 7.60 Å². The van der Waals surface area contributed by atoms with Gasteiger partial charge in [-0.05, 0) is 0 Å². The SMILES string of the molecule is CP(=O)(O)OC[C@@H](CO)OCCn1cnc2c(N)ncnc21. The predicted molar refractivity (Wildman–Crippen MR) is 78.3 cm³/mol. The fourth-order valence-corrected chi connectivity index (χ4v) is 2.20. The first kappa shape index (κ1) is 16.8. The summed E-state index contributed by atoms with van der Waals surface area (Å²) in [5.41, 5.74) is 6.79. The lowest BCUT2D eigenvalue weighted by atomic mass is 10.4. The standard InChI is InChI=1S/C11H18N5O5P/c1-22(18,19)21-5-8(4-17)20-3-2-16-7-15-9-10(12)13-6-14-11(9)16/h6-8,17H,2-5H2,1H3,(H,18,19)(H2,12,13,14)/t8-/m1/s1. The molecule has 0 radical (unpaired) electrons. The van der Waals surface area contributed by atoms with Gasteiger partial charge in [-0.15, -0.1) is 0 Å². The number of rotatable bonds is 8. The Hall–Kier alpha value is -1.58. The minimum absolute atomic E-state index is 0.166. The normalized spacial score (nSPS) is 15.8. The third kappa shape index (κ3) is 4.46. The molecule has 0 saturated heterocycles. The molecule has 0 aliphatic heterocycles. The topological polar surface area (TPSA) is 146 Å². The molecule has 2 heterocycles. The molecule has 22 heavy (non-hydrogen) atoms. The molecule has 0 aromatic carbocycles. The summed E-state index contributed by atoms with van der Waals surface area (Å²) in [5.74, 6) is 0.299. The number of fused-ring (bicyclic) bond motifs is 1. The first-order chi connectivity index (χ1) is 10.4. The number of nitrogen functional groups attached to an aromatic ring is 1. The van der Waals surface area contributed by atoms with Gasteiger partial charge in [-0.2, -0.15) is 0 Å². The second kappa shape index (κ2) is 7.12. The maximum Gasteiger partial charge on any atom is 0.325 e. The Bertz CT molecular complexity index is 672. The highest BCUT2D eigenvalue weighted by Gasteiger charge is 2.16. The van der Waals surface area contributed by atoms with Crippen LogP contribution >= 0.6 is 7.60 Å². The van der Waals surface area contributed by atoms with Crippen LogP contribution in [0.2, 0.25) is 0 Å². The number of imidazole rings is 1. The van der Waals surface area contributed by atoms with Gasteiger partial charge in [0.2, 0.25) is 0 Å². The van der Waals surface area contributed by atoms with Crippen molar-refractivity contribution < 1.29 is 23.8 Å². The summed E-state index contributed by atoms with van der Waals surface area (Å²) in [4.78, 5) is 21.1. The molecule has 0 saturated carbocycles. The molecule has 0 aliphatic carbocycles. The minimum atomic E-state index is -3.59. The van der Waals surface area contributed by atoms with Crippen LogP contribution in [0.3, 0.4) is 0 Å². The highest BCUT2D eigenvalue weighted by molar-refractivity contribution is 7.51. The van der Waals surface area contributed by atoms with Crippen LogP contribution in [0, 0.1) is 0 Å². The lowest BCUT2D eigenvalue weighted by Crippen LogP contribution is -2.25. The van der Waals surface area contributed by atoms with Gasteiger partial charge < -0.3 is 29.6 Å². The molecule has 0 spiro atoms. The first-order valence-corrected chi connectivity index (χ1v) is 8.51. The van der Waals surface area contributed by atoms with Crippen LogP contribution in [0.1, 0.15) is 0 Å². The molecule has 0 bridgehead atoms. The van der Waals surface area contributed by atoms with Gasteiger partial charge in [-0.3, -0.25) is 4.57 Å². The van der Waals surface area contributed by atoms with Crippen LogP contribution in [0.15, 0.2) is 12.7 Å². The average molecular weight is 331 g/mol. The Morgan fingerprint density at radius 3 is 2.91 bits per heavy atom. The van der Waals surface area contributed by atoms with Crippen molar-refractivity contribution in [2.45, 2.75) is 12.6 Å². The molecule has 0 aliphatic rings. The number of nitrogens with two attached hydrogens (primary N) is 1. The Morgan fingerprint density at radius 1 is 1.45 bits per heavy atom. The Morgan fingerprint density at radius 2 is 2.23 bits per heavy atom. The maximum atomic E-state index is 11.0. The second-order valence-corrected chi connectivity index (χ2v) is 6.51. The van der Waals surface area contributed by atoms with E-state index in [9.17, 15) is 4.57 Å². The quantitative estimate of drug-likeness (QED) is 0.551. The summed E-state index contributed by atoms with van der Waals surface area (Å²) in [6.07, 6.45) is 2.23. The van der Waals surface area contributed by atoms with Gasteiger partial charge in [-0.25, -0.2) is 15.0 Å². The van der Waals surface area contributed by atoms with Crippen LogP contribution in [0.5, 0.6) is 0 Å². The molecule has 2 aromatic rings. The molecule has 0 amide bonds. The predicted octanol–water partition coefficient (Wildman–Crippen LogP) is -0.382. The van der Waals surface area contributed by atoms with E-state index >= 15 is 0 Å². The van der Waals surface area contributed by atoms with Crippen molar-refractivity contribution in [2.75, 3.05) is 32.2 Å². The van der Waals surface area contributed by atoms with Gasteiger partial charge in [0.05, 0.1) is 26.1 Å². The molecule has 2 atom stereocenters. The lowest BCUT2D eigenvalue weighted by molar-refractivity contribution is -0.0178. The number of ether oxygens (including phenoxy) is 1. The Kier molecular flexibility index (Phi) is 5.43. The van der Waals surface area contributed by atoms with Crippen LogP contribution in [-0.4, -0.2) is 62.1 Å². The number of aromatic nitrogens is 4. The number of hydrogen-bond acceptors (Lipinski definition) is 8. The summed E-state index contributed by atoms with van der Waals surface area (Å²) in [5, 5.41) is 9.16. The zero-order chi connectivity index (χ0) is 16.2. The van der Waals surface area contributed by atoms with Crippen molar-refractivity contribution in [1.82, 2.24) is 19.5 Å². The van der Waals surface area contributed by atoms with Gasteiger partial charge in [0.25, 0.3) is 0 Å². The Labute approximate surface area is 126 Å². The smallest absolute Gasteiger partial charge is 0.325 e. The number of aliphatic hydroxyl groups is 1. The van der Waals surface area contributed by atoms with Crippen molar-refractivity contribution >= 4 is 24.6 Å². The van der Waals surface area contributed by atoms with Crippen molar-refractivity contribution in [3.05, 3.63) is 12.7 Å². The fraction of sp³-hybridized carbons (Fsp3) is 0.545. The molecule has 1 unspecified atom stereocenters. The van der Waals surface area contributed by atoms with Gasteiger partial charge in [-0.1, -0.05) is 0 Å². The van der Waals surface area contributed by atoms with Crippen molar-refractivity contribution in [2.24, 2.45) is 0 Å². The van der Waals surface area contributed by atoms with E-state index in [-0.39, 0.29) is 19.8 Å². The largest absolute Gasteiger partial charge is 0.394 e. The van der Waals surface area contributed by atoms with Gasteiger partial charge in [0.1, 0.15) is 17.9 Å². The monoisotopic (exact) mass is 331 g/mol.